The smallest absolute Gasteiger partial charge is 0.330 e. The molecule has 2 amide bonds. The second-order valence-corrected chi connectivity index (χ2v) is 5.02. The van der Waals surface area contributed by atoms with Crippen LogP contribution in [0.25, 0.3) is 0 Å². The molecule has 114 valence electrons. The fraction of sp³-hybridized carbons (Fsp3) is 0.467. The number of hydrogen-bond acceptors (Lipinski definition) is 3. The molecule has 1 heterocycles. The van der Waals surface area contributed by atoms with Crippen LogP contribution in [0, 0.1) is 0 Å². The Hall–Kier alpha value is -2.08. The maximum atomic E-state index is 11.8. The highest BCUT2D eigenvalue weighted by molar-refractivity contribution is 5.83. The van der Waals surface area contributed by atoms with Gasteiger partial charge in [-0.3, -0.25) is 0 Å². The largest absolute Gasteiger partial charge is 0.479 e. The van der Waals surface area contributed by atoms with Crippen LogP contribution in [0.4, 0.5) is 4.79 Å². The van der Waals surface area contributed by atoms with Gasteiger partial charge in [0, 0.05) is 13.2 Å². The van der Waals surface area contributed by atoms with Crippen LogP contribution in [-0.2, 0) is 9.53 Å². The average Bonchev–Trinajstić information content (AvgIpc) is 2.52. The summed E-state index contributed by atoms with van der Waals surface area (Å²) < 4.78 is 5.51. The lowest BCUT2D eigenvalue weighted by Crippen LogP contribution is -2.44. The van der Waals surface area contributed by atoms with Gasteiger partial charge in [-0.15, -0.1) is 0 Å². The normalized spacial score (nSPS) is 19.5. The van der Waals surface area contributed by atoms with Crippen molar-refractivity contribution in [2.45, 2.75) is 31.4 Å². The standard InChI is InChI=1S/C15H20N2O4/c18-14(19)13(11-6-2-1-3-7-11)17-15(20)16-10-12-8-4-5-9-21-12/h1-3,6-7,12-13H,4-5,8-10H2,(H,18,19)(H2,16,17,20)/t12?,13-/m0/s1. The number of urea groups is 1. The van der Waals surface area contributed by atoms with Gasteiger partial charge in [-0.2, -0.15) is 0 Å². The van der Waals surface area contributed by atoms with Crippen molar-refractivity contribution in [2.75, 3.05) is 13.2 Å². The van der Waals surface area contributed by atoms with E-state index >= 15 is 0 Å². The Kier molecular flexibility index (Phi) is 5.57. The number of carboxylic acid groups (broad SMARTS) is 1. The van der Waals surface area contributed by atoms with Crippen molar-refractivity contribution < 1.29 is 19.4 Å². The summed E-state index contributed by atoms with van der Waals surface area (Å²) in [5.41, 5.74) is 0.536. The van der Waals surface area contributed by atoms with Crippen molar-refractivity contribution in [3.63, 3.8) is 0 Å². The van der Waals surface area contributed by atoms with Gasteiger partial charge in [-0.05, 0) is 24.8 Å². The molecule has 0 saturated carbocycles. The van der Waals surface area contributed by atoms with E-state index in [0.29, 0.717) is 12.1 Å². The van der Waals surface area contributed by atoms with E-state index < -0.39 is 18.0 Å². The predicted molar refractivity (Wildman–Crippen MR) is 76.9 cm³/mol. The molecule has 0 spiro atoms. The molecular formula is C15H20N2O4. The quantitative estimate of drug-likeness (QED) is 0.770. The molecule has 1 aliphatic rings. The minimum atomic E-state index is -1.09. The van der Waals surface area contributed by atoms with E-state index in [0.717, 1.165) is 25.9 Å². The molecule has 3 N–H and O–H groups in total. The summed E-state index contributed by atoms with van der Waals surface area (Å²) in [5, 5.41) is 14.4. The number of nitrogens with one attached hydrogen (secondary N) is 2. The summed E-state index contributed by atoms with van der Waals surface area (Å²) in [5.74, 6) is -1.09. The molecule has 6 heteroatoms. The SMILES string of the molecule is O=C(NCC1CCCCO1)N[C@H](C(=O)O)c1ccccc1. The zero-order chi connectivity index (χ0) is 15.1. The summed E-state index contributed by atoms with van der Waals surface area (Å²) >= 11 is 0. The monoisotopic (exact) mass is 292 g/mol. The minimum Gasteiger partial charge on any atom is -0.479 e. The Bertz CT molecular complexity index is 472. The van der Waals surface area contributed by atoms with Crippen LogP contribution in [-0.4, -0.2) is 36.4 Å². The van der Waals surface area contributed by atoms with Gasteiger partial charge in [-0.25, -0.2) is 9.59 Å². The summed E-state index contributed by atoms with van der Waals surface area (Å²) in [7, 11) is 0. The van der Waals surface area contributed by atoms with Crippen LogP contribution in [0.15, 0.2) is 30.3 Å². The molecule has 1 saturated heterocycles. The van der Waals surface area contributed by atoms with Gasteiger partial charge in [0.25, 0.3) is 0 Å². The first-order valence-electron chi connectivity index (χ1n) is 7.10. The Morgan fingerprint density at radius 1 is 1.29 bits per heavy atom. The number of carboxylic acids is 1. The molecule has 1 fully saturated rings. The second-order valence-electron chi connectivity index (χ2n) is 5.02. The topological polar surface area (TPSA) is 87.7 Å². The van der Waals surface area contributed by atoms with Crippen molar-refractivity contribution in [1.82, 2.24) is 10.6 Å². The first kappa shape index (κ1) is 15.3. The summed E-state index contributed by atoms with van der Waals surface area (Å²) in [6, 6.07) is 7.05. The van der Waals surface area contributed by atoms with Crippen LogP contribution in [0.3, 0.4) is 0 Å². The Labute approximate surface area is 123 Å². The van der Waals surface area contributed by atoms with Crippen molar-refractivity contribution in [2.24, 2.45) is 0 Å². The van der Waals surface area contributed by atoms with E-state index in [2.05, 4.69) is 10.6 Å². The zero-order valence-electron chi connectivity index (χ0n) is 11.7. The zero-order valence-corrected chi connectivity index (χ0v) is 11.7. The number of carbonyl (C=O) groups is 2. The van der Waals surface area contributed by atoms with E-state index in [4.69, 9.17) is 4.74 Å². The molecule has 6 nitrogen and oxygen atoms in total. The Balaban J connectivity index is 1.85. The fourth-order valence-electron chi connectivity index (χ4n) is 2.29. The highest BCUT2D eigenvalue weighted by Gasteiger charge is 2.22. The molecule has 2 rings (SSSR count). The summed E-state index contributed by atoms with van der Waals surface area (Å²) in [4.78, 5) is 23.1. The third-order valence-electron chi connectivity index (χ3n) is 3.42. The highest BCUT2D eigenvalue weighted by atomic mass is 16.5. The molecule has 0 radical (unpaired) electrons. The van der Waals surface area contributed by atoms with Crippen molar-refractivity contribution >= 4 is 12.0 Å². The maximum absolute atomic E-state index is 11.8. The van der Waals surface area contributed by atoms with Crippen molar-refractivity contribution in [1.29, 1.82) is 0 Å². The van der Waals surface area contributed by atoms with Crippen molar-refractivity contribution in [3.8, 4) is 0 Å². The van der Waals surface area contributed by atoms with Crippen LogP contribution >= 0.6 is 0 Å². The summed E-state index contributed by atoms with van der Waals surface area (Å²) in [6.45, 7) is 1.11. The van der Waals surface area contributed by atoms with E-state index in [-0.39, 0.29) is 6.10 Å². The molecule has 1 aromatic rings. The van der Waals surface area contributed by atoms with Crippen molar-refractivity contribution in [3.05, 3.63) is 35.9 Å². The third-order valence-corrected chi connectivity index (χ3v) is 3.42. The van der Waals surface area contributed by atoms with Gasteiger partial charge in [0.2, 0.25) is 0 Å². The molecule has 0 bridgehead atoms. The lowest BCUT2D eigenvalue weighted by atomic mass is 10.1. The predicted octanol–water partition coefficient (Wildman–Crippen LogP) is 1.68. The van der Waals surface area contributed by atoms with Crippen LogP contribution in [0.2, 0.25) is 0 Å². The summed E-state index contributed by atoms with van der Waals surface area (Å²) in [6.07, 6.45) is 3.08. The molecule has 0 aliphatic carbocycles. The first-order valence-corrected chi connectivity index (χ1v) is 7.10. The van der Waals surface area contributed by atoms with Gasteiger partial charge in [-0.1, -0.05) is 30.3 Å². The molecule has 1 unspecified atom stereocenters. The van der Waals surface area contributed by atoms with E-state index in [1.54, 1.807) is 30.3 Å². The molecule has 1 aliphatic heterocycles. The number of ether oxygens (including phenoxy) is 1. The first-order chi connectivity index (χ1) is 10.2. The number of carbonyl (C=O) groups excluding carboxylic acids is 1. The molecule has 2 atom stereocenters. The lowest BCUT2D eigenvalue weighted by molar-refractivity contribution is -0.139. The average molecular weight is 292 g/mol. The number of benzene rings is 1. The van der Waals surface area contributed by atoms with E-state index in [1.165, 1.54) is 0 Å². The minimum absolute atomic E-state index is 0.0181. The van der Waals surface area contributed by atoms with Gasteiger partial charge in [0.15, 0.2) is 6.04 Å². The maximum Gasteiger partial charge on any atom is 0.330 e. The van der Waals surface area contributed by atoms with Gasteiger partial charge < -0.3 is 20.5 Å². The third kappa shape index (κ3) is 4.75. The Morgan fingerprint density at radius 3 is 2.67 bits per heavy atom. The molecular weight excluding hydrogens is 272 g/mol. The molecule has 21 heavy (non-hydrogen) atoms. The van der Waals surface area contributed by atoms with Crippen LogP contribution in [0.5, 0.6) is 0 Å². The number of aliphatic carboxylic acids is 1. The Morgan fingerprint density at radius 2 is 2.05 bits per heavy atom. The number of amides is 2. The highest BCUT2D eigenvalue weighted by Crippen LogP contribution is 2.13. The van der Waals surface area contributed by atoms with E-state index in [1.807, 2.05) is 0 Å². The van der Waals surface area contributed by atoms with Gasteiger partial charge in [0.05, 0.1) is 6.10 Å². The van der Waals surface area contributed by atoms with Gasteiger partial charge in [0.1, 0.15) is 0 Å². The number of rotatable bonds is 5. The van der Waals surface area contributed by atoms with Gasteiger partial charge >= 0.3 is 12.0 Å². The molecule has 0 aromatic heterocycles. The van der Waals surface area contributed by atoms with Crippen LogP contribution in [0.1, 0.15) is 30.9 Å². The number of hydrogen-bond donors (Lipinski definition) is 3. The van der Waals surface area contributed by atoms with Crippen LogP contribution < -0.4 is 10.6 Å². The van der Waals surface area contributed by atoms with E-state index in [9.17, 15) is 14.7 Å². The molecule has 1 aromatic carbocycles. The fourth-order valence-corrected chi connectivity index (χ4v) is 2.29. The lowest BCUT2D eigenvalue weighted by Gasteiger charge is -2.23. The second kappa shape index (κ2) is 7.64.